The highest BCUT2D eigenvalue weighted by Crippen LogP contribution is 2.23. The molecule has 0 aliphatic heterocycles. The minimum Gasteiger partial charge on any atom is -0.368 e. The molecule has 1 aromatic heterocycles. The van der Waals surface area contributed by atoms with Crippen LogP contribution in [0.3, 0.4) is 0 Å². The van der Waals surface area contributed by atoms with Crippen LogP contribution in [0.4, 0.5) is 10.3 Å². The van der Waals surface area contributed by atoms with E-state index in [1.165, 1.54) is 12.1 Å². The molecule has 0 amide bonds. The molecule has 2 N–H and O–H groups in total. The highest BCUT2D eigenvalue weighted by Gasteiger charge is 2.25. The number of hydrogen-bond donors (Lipinski definition) is 1. The molecule has 0 saturated heterocycles. The van der Waals surface area contributed by atoms with E-state index in [4.69, 9.17) is 5.73 Å². The summed E-state index contributed by atoms with van der Waals surface area (Å²) in [5.41, 5.74) is 7.35. The van der Waals surface area contributed by atoms with Crippen molar-refractivity contribution in [2.75, 3.05) is 5.73 Å². The standard InChI is InChI=1S/C17H20FN3O/c1-10-7-12(21-16(19)20-10)8-11-5-6-13(14(18)9-11)15(22)17(2,3)4/h5-7,9H,8H2,1-4H3,(H2,19,20,21). The zero-order valence-electron chi connectivity index (χ0n) is 13.3. The number of nitrogen functional groups attached to an aromatic ring is 1. The second-order valence-electron chi connectivity index (χ2n) is 6.43. The summed E-state index contributed by atoms with van der Waals surface area (Å²) in [5, 5.41) is 0. The predicted octanol–water partition coefficient (Wildman–Crippen LogP) is 3.33. The van der Waals surface area contributed by atoms with Gasteiger partial charge in [0.1, 0.15) is 5.82 Å². The van der Waals surface area contributed by atoms with Gasteiger partial charge in [-0.25, -0.2) is 14.4 Å². The molecule has 5 heteroatoms. The van der Waals surface area contributed by atoms with Crippen LogP contribution >= 0.6 is 0 Å². The Bertz CT molecular complexity index is 700. The number of ketones is 1. The maximum Gasteiger partial charge on any atom is 0.220 e. The number of halogens is 1. The van der Waals surface area contributed by atoms with E-state index in [1.54, 1.807) is 26.8 Å². The molecule has 0 bridgehead atoms. The van der Waals surface area contributed by atoms with E-state index in [-0.39, 0.29) is 17.3 Å². The van der Waals surface area contributed by atoms with Crippen molar-refractivity contribution in [3.05, 3.63) is 52.6 Å². The Balaban J connectivity index is 2.28. The van der Waals surface area contributed by atoms with Gasteiger partial charge in [-0.15, -0.1) is 0 Å². The second-order valence-corrected chi connectivity index (χ2v) is 6.43. The number of Topliss-reactive ketones (excluding diaryl/α,β-unsaturated/α-hetero) is 1. The van der Waals surface area contributed by atoms with Gasteiger partial charge in [0.05, 0.1) is 11.3 Å². The molecule has 0 atom stereocenters. The van der Waals surface area contributed by atoms with Gasteiger partial charge in [0, 0.05) is 17.5 Å². The summed E-state index contributed by atoms with van der Waals surface area (Å²) >= 11 is 0. The number of aromatic nitrogens is 2. The van der Waals surface area contributed by atoms with Crippen molar-refractivity contribution >= 4 is 11.7 Å². The van der Waals surface area contributed by atoms with Gasteiger partial charge in [0.2, 0.25) is 5.95 Å². The fourth-order valence-corrected chi connectivity index (χ4v) is 2.21. The summed E-state index contributed by atoms with van der Waals surface area (Å²) in [6.07, 6.45) is 0.439. The Morgan fingerprint density at radius 2 is 1.91 bits per heavy atom. The molecule has 4 nitrogen and oxygen atoms in total. The van der Waals surface area contributed by atoms with Crippen LogP contribution in [-0.4, -0.2) is 15.8 Å². The lowest BCUT2D eigenvalue weighted by Gasteiger charge is -2.17. The third kappa shape index (κ3) is 3.67. The number of carbonyl (C=O) groups excluding carboxylic acids is 1. The molecule has 0 radical (unpaired) electrons. The minimum atomic E-state index is -0.611. The Hall–Kier alpha value is -2.30. The van der Waals surface area contributed by atoms with Crippen LogP contribution in [0.25, 0.3) is 0 Å². The predicted molar refractivity (Wildman–Crippen MR) is 84.2 cm³/mol. The lowest BCUT2D eigenvalue weighted by molar-refractivity contribution is 0.0854. The van der Waals surface area contributed by atoms with Crippen molar-refractivity contribution in [3.63, 3.8) is 0 Å². The van der Waals surface area contributed by atoms with Gasteiger partial charge in [-0.2, -0.15) is 0 Å². The van der Waals surface area contributed by atoms with Crippen molar-refractivity contribution in [1.82, 2.24) is 9.97 Å². The lowest BCUT2D eigenvalue weighted by atomic mass is 9.86. The number of nitrogens with zero attached hydrogens (tertiary/aromatic N) is 2. The Kier molecular flexibility index (Phi) is 4.26. The second kappa shape index (κ2) is 5.83. The van der Waals surface area contributed by atoms with Crippen molar-refractivity contribution in [2.24, 2.45) is 5.41 Å². The normalized spacial score (nSPS) is 11.5. The first-order valence-electron chi connectivity index (χ1n) is 7.10. The first-order chi connectivity index (χ1) is 10.2. The molecule has 0 unspecified atom stereocenters. The van der Waals surface area contributed by atoms with Crippen LogP contribution in [0.2, 0.25) is 0 Å². The molecule has 1 heterocycles. The van der Waals surface area contributed by atoms with Crippen LogP contribution in [0.5, 0.6) is 0 Å². The maximum atomic E-state index is 14.2. The summed E-state index contributed by atoms with van der Waals surface area (Å²) in [4.78, 5) is 20.3. The Labute approximate surface area is 129 Å². The van der Waals surface area contributed by atoms with E-state index < -0.39 is 11.2 Å². The fourth-order valence-electron chi connectivity index (χ4n) is 2.21. The SMILES string of the molecule is Cc1cc(Cc2ccc(C(=O)C(C)(C)C)c(F)c2)nc(N)n1. The number of hydrogen-bond acceptors (Lipinski definition) is 4. The molecular formula is C17H20FN3O. The summed E-state index contributed by atoms with van der Waals surface area (Å²) in [6.45, 7) is 7.15. The molecule has 0 spiro atoms. The quantitative estimate of drug-likeness (QED) is 0.883. The van der Waals surface area contributed by atoms with Gasteiger partial charge in [-0.05, 0) is 30.7 Å². The van der Waals surface area contributed by atoms with Gasteiger partial charge in [0.25, 0.3) is 0 Å². The molecule has 116 valence electrons. The van der Waals surface area contributed by atoms with Crippen LogP contribution in [0, 0.1) is 18.2 Å². The van der Waals surface area contributed by atoms with Gasteiger partial charge in [-0.1, -0.05) is 26.8 Å². The summed E-state index contributed by atoms with van der Waals surface area (Å²) in [5.74, 6) is -0.509. The van der Waals surface area contributed by atoms with Crippen LogP contribution in [-0.2, 0) is 6.42 Å². The van der Waals surface area contributed by atoms with Crippen molar-refractivity contribution < 1.29 is 9.18 Å². The minimum absolute atomic E-state index is 0.120. The van der Waals surface area contributed by atoms with Gasteiger partial charge in [0.15, 0.2) is 5.78 Å². The van der Waals surface area contributed by atoms with Gasteiger partial charge < -0.3 is 5.73 Å². The zero-order chi connectivity index (χ0) is 16.5. The smallest absolute Gasteiger partial charge is 0.220 e. The number of benzene rings is 1. The molecule has 22 heavy (non-hydrogen) atoms. The highest BCUT2D eigenvalue weighted by atomic mass is 19.1. The van der Waals surface area contributed by atoms with E-state index in [0.717, 1.165) is 17.0 Å². The molecule has 0 saturated carbocycles. The van der Waals surface area contributed by atoms with Crippen LogP contribution < -0.4 is 5.73 Å². The largest absolute Gasteiger partial charge is 0.368 e. The number of nitrogens with two attached hydrogens (primary N) is 1. The van der Waals surface area contributed by atoms with Crippen molar-refractivity contribution in [1.29, 1.82) is 0 Å². The van der Waals surface area contributed by atoms with E-state index in [9.17, 15) is 9.18 Å². The van der Waals surface area contributed by atoms with Crippen LogP contribution in [0.15, 0.2) is 24.3 Å². The number of anilines is 1. The van der Waals surface area contributed by atoms with E-state index in [2.05, 4.69) is 9.97 Å². The molecule has 0 aliphatic rings. The number of rotatable bonds is 3. The van der Waals surface area contributed by atoms with Gasteiger partial charge >= 0.3 is 0 Å². The van der Waals surface area contributed by atoms with Gasteiger partial charge in [-0.3, -0.25) is 4.79 Å². The van der Waals surface area contributed by atoms with E-state index in [1.807, 2.05) is 13.0 Å². The summed E-state index contributed by atoms with van der Waals surface area (Å²) in [7, 11) is 0. The monoisotopic (exact) mass is 301 g/mol. The van der Waals surface area contributed by atoms with Crippen LogP contribution in [0.1, 0.15) is 48.1 Å². The summed E-state index contributed by atoms with van der Waals surface area (Å²) in [6, 6.07) is 6.47. The zero-order valence-corrected chi connectivity index (χ0v) is 13.3. The molecule has 0 aliphatic carbocycles. The topological polar surface area (TPSA) is 68.9 Å². The first kappa shape index (κ1) is 16.1. The lowest BCUT2D eigenvalue weighted by Crippen LogP contribution is -2.21. The average Bonchev–Trinajstić information content (AvgIpc) is 2.35. The Morgan fingerprint density at radius 1 is 1.23 bits per heavy atom. The van der Waals surface area contributed by atoms with Crippen molar-refractivity contribution in [2.45, 2.75) is 34.1 Å². The molecule has 2 rings (SSSR count). The Morgan fingerprint density at radius 3 is 2.45 bits per heavy atom. The molecule has 0 fully saturated rings. The maximum absolute atomic E-state index is 14.2. The number of aryl methyl sites for hydroxylation is 1. The average molecular weight is 301 g/mol. The molecule has 1 aromatic carbocycles. The summed E-state index contributed by atoms with van der Waals surface area (Å²) < 4.78 is 14.2. The third-order valence-corrected chi connectivity index (χ3v) is 3.27. The van der Waals surface area contributed by atoms with E-state index >= 15 is 0 Å². The first-order valence-corrected chi connectivity index (χ1v) is 7.10. The number of carbonyl (C=O) groups is 1. The van der Waals surface area contributed by atoms with E-state index in [0.29, 0.717) is 6.42 Å². The highest BCUT2D eigenvalue weighted by molar-refractivity contribution is 6.00. The molecular weight excluding hydrogens is 281 g/mol. The third-order valence-electron chi connectivity index (χ3n) is 3.27. The fraction of sp³-hybridized carbons (Fsp3) is 0.353. The van der Waals surface area contributed by atoms with Crippen molar-refractivity contribution in [3.8, 4) is 0 Å². The molecule has 2 aromatic rings.